The predicted octanol–water partition coefficient (Wildman–Crippen LogP) is 2.93. The van der Waals surface area contributed by atoms with Gasteiger partial charge in [0, 0.05) is 11.4 Å². The third-order valence-corrected chi connectivity index (χ3v) is 4.90. The van der Waals surface area contributed by atoms with Crippen molar-refractivity contribution in [3.05, 3.63) is 29.3 Å². The molecule has 2 rings (SSSR count). The van der Waals surface area contributed by atoms with Gasteiger partial charge in [0.1, 0.15) is 0 Å². The molecule has 0 aromatic heterocycles. The minimum atomic E-state index is 0. The maximum absolute atomic E-state index is 11.8. The molecule has 1 aliphatic heterocycles. The summed E-state index contributed by atoms with van der Waals surface area (Å²) in [5.74, 6) is 1.39. The Kier molecular flexibility index (Phi) is 8.15. The summed E-state index contributed by atoms with van der Waals surface area (Å²) in [4.78, 5) is 13.0. The second kappa shape index (κ2) is 9.34. The number of amides is 1. The van der Waals surface area contributed by atoms with Gasteiger partial charge in [0.25, 0.3) is 0 Å². The zero-order chi connectivity index (χ0) is 14.4. The number of halogens is 1. The van der Waals surface area contributed by atoms with E-state index in [-0.39, 0.29) is 18.3 Å². The van der Waals surface area contributed by atoms with Crippen LogP contribution in [0.4, 0.5) is 0 Å². The lowest BCUT2D eigenvalue weighted by Crippen LogP contribution is -2.27. The van der Waals surface area contributed by atoms with Gasteiger partial charge in [-0.25, -0.2) is 0 Å². The van der Waals surface area contributed by atoms with E-state index in [2.05, 4.69) is 42.7 Å². The van der Waals surface area contributed by atoms with Crippen LogP contribution in [0.25, 0.3) is 0 Å². The molecule has 0 bridgehead atoms. The first-order valence-corrected chi connectivity index (χ1v) is 8.31. The van der Waals surface area contributed by atoms with Gasteiger partial charge < -0.3 is 10.6 Å². The number of thioether (sulfide) groups is 1. The summed E-state index contributed by atoms with van der Waals surface area (Å²) in [6.07, 6.45) is 2.33. The number of nitrogens with one attached hydrogen (secondary N) is 2. The second-order valence-electron chi connectivity index (χ2n) is 5.56. The first-order valence-electron chi connectivity index (χ1n) is 7.32. The van der Waals surface area contributed by atoms with E-state index >= 15 is 0 Å². The summed E-state index contributed by atoms with van der Waals surface area (Å²) in [6, 6.07) is 6.37. The summed E-state index contributed by atoms with van der Waals surface area (Å²) >= 11 is 1.63. The van der Waals surface area contributed by atoms with Crippen molar-refractivity contribution in [1.29, 1.82) is 0 Å². The highest BCUT2D eigenvalue weighted by molar-refractivity contribution is 8.00. The quantitative estimate of drug-likeness (QED) is 0.789. The second-order valence-corrected chi connectivity index (χ2v) is 6.57. The summed E-state index contributed by atoms with van der Waals surface area (Å²) in [5.41, 5.74) is 2.48. The molecular weight excluding hydrogens is 304 g/mol. The lowest BCUT2D eigenvalue weighted by atomic mass is 10.1. The lowest BCUT2D eigenvalue weighted by Gasteiger charge is -2.10. The van der Waals surface area contributed by atoms with Gasteiger partial charge in [0.15, 0.2) is 0 Å². The van der Waals surface area contributed by atoms with Crippen LogP contribution in [0, 0.1) is 19.8 Å². The Balaban J connectivity index is 0.00000220. The Morgan fingerprint density at radius 2 is 2.24 bits per heavy atom. The van der Waals surface area contributed by atoms with Gasteiger partial charge in [-0.05, 0) is 57.3 Å². The first-order chi connectivity index (χ1) is 9.65. The summed E-state index contributed by atoms with van der Waals surface area (Å²) < 4.78 is 0. The van der Waals surface area contributed by atoms with E-state index < -0.39 is 0 Å². The third-order valence-electron chi connectivity index (χ3n) is 3.74. The molecule has 1 atom stereocenters. The maximum atomic E-state index is 11.8. The number of carbonyl (C=O) groups is 1. The van der Waals surface area contributed by atoms with Crippen molar-refractivity contribution in [2.45, 2.75) is 31.6 Å². The average Bonchev–Trinajstić information content (AvgIpc) is 2.93. The molecule has 0 spiro atoms. The SMILES string of the molecule is Cc1ccc(C)c(SCC(=O)NCCC2CCNC2)c1.Cl. The van der Waals surface area contributed by atoms with Crippen LogP contribution < -0.4 is 10.6 Å². The summed E-state index contributed by atoms with van der Waals surface area (Å²) in [7, 11) is 0. The number of carbonyl (C=O) groups excluding carboxylic acids is 1. The number of rotatable bonds is 6. The van der Waals surface area contributed by atoms with Crippen LogP contribution in [0.2, 0.25) is 0 Å². The van der Waals surface area contributed by atoms with E-state index in [1.165, 1.54) is 22.4 Å². The number of hydrogen-bond donors (Lipinski definition) is 2. The molecular formula is C16H25ClN2OS. The molecule has 21 heavy (non-hydrogen) atoms. The van der Waals surface area contributed by atoms with Crippen LogP contribution in [0.3, 0.4) is 0 Å². The van der Waals surface area contributed by atoms with Gasteiger partial charge in [0.05, 0.1) is 5.75 Å². The topological polar surface area (TPSA) is 41.1 Å². The van der Waals surface area contributed by atoms with Gasteiger partial charge in [-0.1, -0.05) is 17.7 Å². The van der Waals surface area contributed by atoms with E-state index in [4.69, 9.17) is 0 Å². The molecule has 1 fully saturated rings. The molecule has 1 aromatic carbocycles. The molecule has 0 radical (unpaired) electrons. The van der Waals surface area contributed by atoms with Crippen LogP contribution in [-0.2, 0) is 4.79 Å². The minimum Gasteiger partial charge on any atom is -0.355 e. The van der Waals surface area contributed by atoms with Crippen LogP contribution in [0.1, 0.15) is 24.0 Å². The Labute approximate surface area is 138 Å². The fourth-order valence-electron chi connectivity index (χ4n) is 2.43. The summed E-state index contributed by atoms with van der Waals surface area (Å²) in [5, 5.41) is 6.38. The van der Waals surface area contributed by atoms with E-state index in [1.54, 1.807) is 11.8 Å². The third kappa shape index (κ3) is 6.29. The van der Waals surface area contributed by atoms with Crippen LogP contribution >= 0.6 is 24.2 Å². The number of hydrogen-bond acceptors (Lipinski definition) is 3. The molecule has 5 heteroatoms. The van der Waals surface area contributed by atoms with Crippen molar-refractivity contribution in [2.24, 2.45) is 5.92 Å². The van der Waals surface area contributed by atoms with Crippen LogP contribution in [0.15, 0.2) is 23.1 Å². The Hall–Kier alpha value is -0.710. The van der Waals surface area contributed by atoms with Crippen molar-refractivity contribution < 1.29 is 4.79 Å². The maximum Gasteiger partial charge on any atom is 0.230 e. The molecule has 0 saturated carbocycles. The van der Waals surface area contributed by atoms with E-state index in [0.29, 0.717) is 5.75 Å². The van der Waals surface area contributed by atoms with Crippen molar-refractivity contribution in [1.82, 2.24) is 10.6 Å². The van der Waals surface area contributed by atoms with E-state index in [1.807, 2.05) is 0 Å². The van der Waals surface area contributed by atoms with Gasteiger partial charge in [-0.3, -0.25) is 4.79 Å². The van der Waals surface area contributed by atoms with Gasteiger partial charge in [-0.2, -0.15) is 0 Å². The van der Waals surface area contributed by atoms with Crippen molar-refractivity contribution >= 4 is 30.1 Å². The molecule has 3 nitrogen and oxygen atoms in total. The average molecular weight is 329 g/mol. The molecule has 1 saturated heterocycles. The smallest absolute Gasteiger partial charge is 0.230 e. The van der Waals surface area contributed by atoms with Crippen molar-refractivity contribution in [3.63, 3.8) is 0 Å². The highest BCUT2D eigenvalue weighted by Crippen LogP contribution is 2.23. The Morgan fingerprint density at radius 1 is 1.43 bits per heavy atom. The van der Waals surface area contributed by atoms with Crippen LogP contribution in [-0.4, -0.2) is 31.3 Å². The standard InChI is InChI=1S/C16H24N2OS.ClH/c1-12-3-4-13(2)15(9-12)20-11-16(19)18-8-6-14-5-7-17-10-14;/h3-4,9,14,17H,5-8,10-11H2,1-2H3,(H,18,19);1H. The monoisotopic (exact) mass is 328 g/mol. The molecule has 1 aliphatic rings. The highest BCUT2D eigenvalue weighted by atomic mass is 35.5. The molecule has 0 aliphatic carbocycles. The number of benzene rings is 1. The minimum absolute atomic E-state index is 0. The van der Waals surface area contributed by atoms with Gasteiger partial charge in [-0.15, -0.1) is 24.2 Å². The van der Waals surface area contributed by atoms with E-state index in [9.17, 15) is 4.79 Å². The molecule has 1 heterocycles. The lowest BCUT2D eigenvalue weighted by molar-refractivity contribution is -0.118. The Bertz CT molecular complexity index is 462. The molecule has 1 aromatic rings. The predicted molar refractivity (Wildman–Crippen MR) is 92.5 cm³/mol. The van der Waals surface area contributed by atoms with Crippen LogP contribution in [0.5, 0.6) is 0 Å². The fraction of sp³-hybridized carbons (Fsp3) is 0.562. The summed E-state index contributed by atoms with van der Waals surface area (Å²) in [6.45, 7) is 7.21. The number of aryl methyl sites for hydroxylation is 2. The fourth-order valence-corrected chi connectivity index (χ4v) is 3.39. The zero-order valence-corrected chi connectivity index (χ0v) is 14.4. The zero-order valence-electron chi connectivity index (χ0n) is 12.8. The molecule has 1 amide bonds. The van der Waals surface area contributed by atoms with Crippen molar-refractivity contribution in [2.75, 3.05) is 25.4 Å². The molecule has 118 valence electrons. The van der Waals surface area contributed by atoms with Gasteiger partial charge in [0.2, 0.25) is 5.91 Å². The van der Waals surface area contributed by atoms with Crippen molar-refractivity contribution in [3.8, 4) is 0 Å². The first kappa shape index (κ1) is 18.3. The molecule has 1 unspecified atom stereocenters. The normalized spacial score (nSPS) is 17.3. The van der Waals surface area contributed by atoms with Gasteiger partial charge >= 0.3 is 0 Å². The van der Waals surface area contributed by atoms with E-state index in [0.717, 1.165) is 32.0 Å². The highest BCUT2D eigenvalue weighted by Gasteiger charge is 2.14. The largest absolute Gasteiger partial charge is 0.355 e. The molecule has 2 N–H and O–H groups in total. The Morgan fingerprint density at radius 3 is 2.95 bits per heavy atom.